The Hall–Kier alpha value is -2.85. The third-order valence-corrected chi connectivity index (χ3v) is 6.15. The highest BCUT2D eigenvalue weighted by molar-refractivity contribution is 7.96. The number of rotatable bonds is 7. The molecular weight excluding hydrogens is 454 g/mol. The molecule has 1 saturated heterocycles. The lowest BCUT2D eigenvalue weighted by molar-refractivity contribution is -0.137. The van der Waals surface area contributed by atoms with Crippen molar-refractivity contribution in [2.24, 2.45) is 5.14 Å². The lowest BCUT2D eigenvalue weighted by atomic mass is 10.0. The van der Waals surface area contributed by atoms with Crippen molar-refractivity contribution in [3.8, 4) is 0 Å². The van der Waals surface area contributed by atoms with Gasteiger partial charge in [-0.3, -0.25) is 5.14 Å². The summed E-state index contributed by atoms with van der Waals surface area (Å²) in [6.07, 6.45) is -1.61. The number of benzene rings is 2. The van der Waals surface area contributed by atoms with Gasteiger partial charge in [-0.25, -0.2) is 9.97 Å². The van der Waals surface area contributed by atoms with Crippen molar-refractivity contribution in [3.63, 3.8) is 0 Å². The van der Waals surface area contributed by atoms with Crippen LogP contribution in [0.4, 0.5) is 29.2 Å². The van der Waals surface area contributed by atoms with Crippen molar-refractivity contribution >= 4 is 23.6 Å². The number of nitrogens with zero attached hydrogens (tertiary/aromatic N) is 3. The zero-order valence-corrected chi connectivity index (χ0v) is 18.5. The molecule has 174 valence electrons. The van der Waals surface area contributed by atoms with Gasteiger partial charge in [-0.15, -0.1) is 0 Å². The van der Waals surface area contributed by atoms with Gasteiger partial charge in [0.1, 0.15) is 6.33 Å². The lowest BCUT2D eigenvalue weighted by Gasteiger charge is -2.27. The van der Waals surface area contributed by atoms with E-state index in [0.29, 0.717) is 30.8 Å². The molecular formula is C23H23F4N5S. The van der Waals surface area contributed by atoms with Crippen LogP contribution >= 0.6 is 11.9 Å². The van der Waals surface area contributed by atoms with Crippen LogP contribution in [-0.2, 0) is 18.5 Å². The highest BCUT2D eigenvalue weighted by Crippen LogP contribution is 2.38. The number of halogens is 4. The number of anilines is 2. The molecule has 0 spiro atoms. The van der Waals surface area contributed by atoms with E-state index in [2.05, 4.69) is 15.3 Å². The number of aromatic nitrogens is 2. The van der Waals surface area contributed by atoms with Crippen LogP contribution in [0.5, 0.6) is 0 Å². The molecule has 1 unspecified atom stereocenters. The Kier molecular flexibility index (Phi) is 7.04. The topological polar surface area (TPSA) is 67.1 Å². The summed E-state index contributed by atoms with van der Waals surface area (Å²) < 4.78 is 54.0. The first kappa shape index (κ1) is 23.3. The van der Waals surface area contributed by atoms with Gasteiger partial charge in [0.2, 0.25) is 5.82 Å². The average Bonchev–Trinajstić information content (AvgIpc) is 3.29. The predicted octanol–water partition coefficient (Wildman–Crippen LogP) is 5.70. The van der Waals surface area contributed by atoms with Crippen molar-refractivity contribution in [1.29, 1.82) is 0 Å². The third-order valence-electron chi connectivity index (χ3n) is 5.65. The summed E-state index contributed by atoms with van der Waals surface area (Å²) in [6, 6.07) is 12.6. The largest absolute Gasteiger partial charge is 0.416 e. The van der Waals surface area contributed by atoms with Crippen LogP contribution in [0.15, 0.2) is 54.9 Å². The van der Waals surface area contributed by atoms with Gasteiger partial charge in [-0.2, -0.15) is 17.6 Å². The fraction of sp³-hybridized carbons (Fsp3) is 0.304. The summed E-state index contributed by atoms with van der Waals surface area (Å²) in [7, 11) is 0. The first-order valence-corrected chi connectivity index (χ1v) is 11.5. The Morgan fingerprint density at radius 1 is 1.03 bits per heavy atom. The van der Waals surface area contributed by atoms with E-state index in [1.807, 2.05) is 24.3 Å². The Balaban J connectivity index is 1.50. The van der Waals surface area contributed by atoms with Crippen LogP contribution in [0, 0.1) is 5.82 Å². The molecule has 33 heavy (non-hydrogen) atoms. The normalized spacial score (nSPS) is 16.3. The van der Waals surface area contributed by atoms with Gasteiger partial charge < -0.3 is 10.2 Å². The lowest BCUT2D eigenvalue weighted by Crippen LogP contribution is -2.25. The fourth-order valence-electron chi connectivity index (χ4n) is 3.98. The Bertz CT molecular complexity index is 1070. The fourth-order valence-corrected chi connectivity index (χ4v) is 4.37. The standard InChI is InChI=1S/C23H23F4N5S/c24-20-21(29-12-15-3-5-16(6-4-15)13-33-28)30-14-31-22(20)32-11-1-2-19(32)17-7-9-18(10-8-17)23(25,26)27/h3-10,14,19H,1-2,11-13,28H2,(H,29,30,31). The number of nitrogens with one attached hydrogen (secondary N) is 1. The first-order chi connectivity index (χ1) is 15.9. The molecule has 10 heteroatoms. The molecule has 1 atom stereocenters. The summed E-state index contributed by atoms with van der Waals surface area (Å²) in [5.41, 5.74) is 2.06. The van der Waals surface area contributed by atoms with E-state index in [9.17, 15) is 13.2 Å². The van der Waals surface area contributed by atoms with Crippen LogP contribution in [0.2, 0.25) is 0 Å². The van der Waals surface area contributed by atoms with Gasteiger partial charge in [0.15, 0.2) is 11.6 Å². The highest BCUT2D eigenvalue weighted by atomic mass is 32.2. The second-order valence-corrected chi connectivity index (χ2v) is 8.43. The molecule has 0 radical (unpaired) electrons. The number of alkyl halides is 3. The molecule has 0 saturated carbocycles. The minimum atomic E-state index is -4.39. The summed E-state index contributed by atoms with van der Waals surface area (Å²) in [6.45, 7) is 0.936. The molecule has 5 nitrogen and oxygen atoms in total. The highest BCUT2D eigenvalue weighted by Gasteiger charge is 2.33. The van der Waals surface area contributed by atoms with Gasteiger partial charge in [-0.1, -0.05) is 48.3 Å². The average molecular weight is 478 g/mol. The monoisotopic (exact) mass is 477 g/mol. The van der Waals surface area contributed by atoms with Crippen LogP contribution in [0.25, 0.3) is 0 Å². The maximum atomic E-state index is 15.3. The molecule has 3 N–H and O–H groups in total. The Morgan fingerprint density at radius 2 is 1.73 bits per heavy atom. The van der Waals surface area contributed by atoms with Crippen LogP contribution in [0.1, 0.15) is 41.1 Å². The molecule has 0 bridgehead atoms. The maximum Gasteiger partial charge on any atom is 0.416 e. The van der Waals surface area contributed by atoms with Crippen LogP contribution in [0.3, 0.4) is 0 Å². The van der Waals surface area contributed by atoms with E-state index >= 15 is 4.39 Å². The smallest absolute Gasteiger partial charge is 0.363 e. The van der Waals surface area contributed by atoms with Gasteiger partial charge in [-0.05, 0) is 41.7 Å². The van der Waals surface area contributed by atoms with Gasteiger partial charge in [0.05, 0.1) is 11.6 Å². The van der Waals surface area contributed by atoms with Crippen molar-refractivity contribution in [1.82, 2.24) is 9.97 Å². The third kappa shape index (κ3) is 5.39. The maximum absolute atomic E-state index is 15.3. The van der Waals surface area contributed by atoms with E-state index in [0.717, 1.165) is 29.7 Å². The van der Waals surface area contributed by atoms with Crippen LogP contribution in [-0.4, -0.2) is 16.5 Å². The van der Waals surface area contributed by atoms with Crippen molar-refractivity contribution in [2.75, 3.05) is 16.8 Å². The second kappa shape index (κ2) is 9.96. The SMILES string of the molecule is NSCc1ccc(CNc2ncnc(N3CCCC3c3ccc(C(F)(F)F)cc3)c2F)cc1. The molecule has 2 heterocycles. The van der Waals surface area contributed by atoms with E-state index < -0.39 is 17.6 Å². The Morgan fingerprint density at radius 3 is 2.39 bits per heavy atom. The first-order valence-electron chi connectivity index (χ1n) is 10.4. The number of nitrogens with two attached hydrogens (primary N) is 1. The number of hydrogen-bond donors (Lipinski definition) is 2. The molecule has 1 aliphatic rings. The van der Waals surface area contributed by atoms with E-state index in [1.165, 1.54) is 30.4 Å². The zero-order chi connectivity index (χ0) is 23.4. The summed E-state index contributed by atoms with van der Waals surface area (Å²) in [5.74, 6) is 0.366. The minimum absolute atomic E-state index is 0.0830. The molecule has 4 rings (SSSR count). The Labute approximate surface area is 193 Å². The van der Waals surface area contributed by atoms with Gasteiger partial charge in [0, 0.05) is 18.8 Å². The minimum Gasteiger partial charge on any atom is -0.363 e. The van der Waals surface area contributed by atoms with Gasteiger partial charge >= 0.3 is 6.18 Å². The molecule has 0 aliphatic carbocycles. The summed E-state index contributed by atoms with van der Waals surface area (Å²) in [5, 5.41) is 8.50. The predicted molar refractivity (Wildman–Crippen MR) is 122 cm³/mol. The zero-order valence-electron chi connectivity index (χ0n) is 17.6. The van der Waals surface area contributed by atoms with Crippen molar-refractivity contribution in [3.05, 3.63) is 82.9 Å². The number of hydrogen-bond acceptors (Lipinski definition) is 6. The quantitative estimate of drug-likeness (QED) is 0.336. The van der Waals surface area contributed by atoms with Crippen molar-refractivity contribution < 1.29 is 17.6 Å². The van der Waals surface area contributed by atoms with E-state index in [4.69, 9.17) is 5.14 Å². The molecule has 1 aromatic heterocycles. The molecule has 2 aromatic carbocycles. The van der Waals surface area contributed by atoms with Gasteiger partial charge in [0.25, 0.3) is 0 Å². The summed E-state index contributed by atoms with van der Waals surface area (Å²) in [4.78, 5) is 9.98. The summed E-state index contributed by atoms with van der Waals surface area (Å²) >= 11 is 1.25. The molecule has 3 aromatic rings. The van der Waals surface area contributed by atoms with E-state index in [1.54, 1.807) is 4.90 Å². The van der Waals surface area contributed by atoms with Crippen molar-refractivity contribution in [2.45, 2.75) is 37.4 Å². The molecule has 0 amide bonds. The van der Waals surface area contributed by atoms with Crippen LogP contribution < -0.4 is 15.4 Å². The van der Waals surface area contributed by atoms with E-state index in [-0.39, 0.29) is 17.7 Å². The molecule has 1 aliphatic heterocycles. The molecule has 1 fully saturated rings. The second-order valence-electron chi connectivity index (χ2n) is 7.81.